The Hall–Kier alpha value is -1.92. The fourth-order valence-electron chi connectivity index (χ4n) is 2.79. The van der Waals surface area contributed by atoms with E-state index in [2.05, 4.69) is 10.1 Å². The van der Waals surface area contributed by atoms with Gasteiger partial charge in [0.1, 0.15) is 5.82 Å². The van der Waals surface area contributed by atoms with Crippen LogP contribution in [0.5, 0.6) is 0 Å². The molecule has 2 heterocycles. The van der Waals surface area contributed by atoms with Crippen LogP contribution in [-0.2, 0) is 11.2 Å². The normalized spacial score (nSPS) is 21.1. The molecule has 6 nitrogen and oxygen atoms in total. The van der Waals surface area contributed by atoms with E-state index in [-0.39, 0.29) is 23.9 Å². The Balaban J connectivity index is 1.95. The van der Waals surface area contributed by atoms with Crippen molar-refractivity contribution in [2.45, 2.75) is 39.3 Å². The van der Waals surface area contributed by atoms with Gasteiger partial charge in [0.05, 0.1) is 29.5 Å². The Morgan fingerprint density at radius 3 is 2.83 bits per heavy atom. The number of rotatable bonds is 3. The first-order valence-electron chi connectivity index (χ1n) is 8.14. The Kier molecular flexibility index (Phi) is 4.87. The van der Waals surface area contributed by atoms with Crippen LogP contribution in [0.2, 0.25) is 5.02 Å². The Labute approximate surface area is 146 Å². The topological polar surface area (TPSA) is 60.3 Å². The Morgan fingerprint density at radius 1 is 1.38 bits per heavy atom. The highest BCUT2D eigenvalue weighted by Crippen LogP contribution is 2.21. The molecular formula is C17H21ClN4O2. The molecule has 1 aliphatic heterocycles. The highest BCUT2D eigenvalue weighted by atomic mass is 35.5. The zero-order chi connectivity index (χ0) is 17.3. The van der Waals surface area contributed by atoms with Crippen LogP contribution >= 0.6 is 11.6 Å². The summed E-state index contributed by atoms with van der Waals surface area (Å²) in [5.41, 5.74) is 0.728. The molecule has 0 spiro atoms. The third kappa shape index (κ3) is 3.16. The second-order valence-electron chi connectivity index (χ2n) is 6.02. The molecule has 3 rings (SSSR count). The second-order valence-corrected chi connectivity index (χ2v) is 6.43. The van der Waals surface area contributed by atoms with Crippen LogP contribution in [0.1, 0.15) is 37.2 Å². The van der Waals surface area contributed by atoms with Crippen molar-refractivity contribution in [3.8, 4) is 5.69 Å². The van der Waals surface area contributed by atoms with E-state index >= 15 is 0 Å². The number of carbonyl (C=O) groups excluding carboxylic acids is 1. The number of morpholine rings is 1. The summed E-state index contributed by atoms with van der Waals surface area (Å²) in [5.74, 6) is 0.742. The van der Waals surface area contributed by atoms with Crippen LogP contribution in [0.3, 0.4) is 0 Å². The van der Waals surface area contributed by atoms with E-state index in [1.807, 2.05) is 39.0 Å². The van der Waals surface area contributed by atoms with E-state index in [9.17, 15) is 4.79 Å². The average Bonchev–Trinajstić information content (AvgIpc) is 3.01. The molecule has 0 aliphatic carbocycles. The summed E-state index contributed by atoms with van der Waals surface area (Å²) in [5, 5.41) is 5.01. The van der Waals surface area contributed by atoms with Crippen molar-refractivity contribution in [3.05, 3.63) is 40.9 Å². The fourth-order valence-corrected chi connectivity index (χ4v) is 3.01. The minimum atomic E-state index is -0.168. The molecule has 0 bridgehead atoms. The number of carbonyl (C=O) groups is 1. The number of amides is 1. The Bertz CT molecular complexity index is 746. The predicted octanol–water partition coefficient (Wildman–Crippen LogP) is 2.73. The molecule has 0 radical (unpaired) electrons. The van der Waals surface area contributed by atoms with E-state index in [0.717, 1.165) is 5.69 Å². The highest BCUT2D eigenvalue weighted by Gasteiger charge is 2.31. The SMILES string of the molecule is CCc1nc(C(=O)N2C[C@H](C)OC[C@@H]2C)nn1-c1ccccc1Cl. The molecular weight excluding hydrogens is 328 g/mol. The van der Waals surface area contributed by atoms with Gasteiger partial charge in [-0.3, -0.25) is 4.79 Å². The number of nitrogens with zero attached hydrogens (tertiary/aromatic N) is 4. The Morgan fingerprint density at radius 2 is 2.12 bits per heavy atom. The van der Waals surface area contributed by atoms with Crippen molar-refractivity contribution < 1.29 is 9.53 Å². The number of para-hydroxylation sites is 1. The van der Waals surface area contributed by atoms with Gasteiger partial charge in [-0.15, -0.1) is 5.10 Å². The van der Waals surface area contributed by atoms with Gasteiger partial charge in [0.2, 0.25) is 5.82 Å². The average molecular weight is 349 g/mol. The molecule has 0 unspecified atom stereocenters. The summed E-state index contributed by atoms with van der Waals surface area (Å²) in [6, 6.07) is 7.41. The number of ether oxygens (including phenoxy) is 1. The number of halogens is 1. The van der Waals surface area contributed by atoms with E-state index in [0.29, 0.717) is 30.4 Å². The summed E-state index contributed by atoms with van der Waals surface area (Å²) >= 11 is 6.27. The lowest BCUT2D eigenvalue weighted by Gasteiger charge is -2.36. The molecule has 0 saturated carbocycles. The van der Waals surface area contributed by atoms with Crippen LogP contribution in [0.15, 0.2) is 24.3 Å². The number of aryl methyl sites for hydroxylation is 1. The lowest BCUT2D eigenvalue weighted by molar-refractivity contribution is -0.0391. The first-order valence-corrected chi connectivity index (χ1v) is 8.52. The molecule has 1 aromatic heterocycles. The minimum Gasteiger partial charge on any atom is -0.375 e. The summed E-state index contributed by atoms with van der Waals surface area (Å²) in [6.07, 6.45) is 0.669. The van der Waals surface area contributed by atoms with Crippen LogP contribution in [0.4, 0.5) is 0 Å². The van der Waals surface area contributed by atoms with Gasteiger partial charge in [-0.2, -0.15) is 0 Å². The van der Waals surface area contributed by atoms with Crippen molar-refractivity contribution in [3.63, 3.8) is 0 Å². The minimum absolute atomic E-state index is 0.00559. The maximum absolute atomic E-state index is 12.9. The van der Waals surface area contributed by atoms with Gasteiger partial charge < -0.3 is 9.64 Å². The number of benzene rings is 1. The fraction of sp³-hybridized carbons (Fsp3) is 0.471. The van der Waals surface area contributed by atoms with Gasteiger partial charge >= 0.3 is 0 Å². The lowest BCUT2D eigenvalue weighted by atomic mass is 10.2. The molecule has 7 heteroatoms. The molecule has 1 amide bonds. The van der Waals surface area contributed by atoms with Crippen molar-refractivity contribution in [1.29, 1.82) is 0 Å². The number of aromatic nitrogens is 3. The summed E-state index contributed by atoms with van der Waals surface area (Å²) in [6.45, 7) is 6.97. The first kappa shape index (κ1) is 16.9. The van der Waals surface area contributed by atoms with Crippen LogP contribution in [0.25, 0.3) is 5.69 Å². The standard InChI is InChI=1S/C17H21ClN4O2/c1-4-15-19-16(17(23)21-9-12(3)24-10-11(21)2)20-22(15)14-8-6-5-7-13(14)18/h5-8,11-12H,4,9-10H2,1-3H3/t11-,12-/m0/s1. The molecule has 0 N–H and O–H groups in total. The smallest absolute Gasteiger partial charge is 0.293 e. The summed E-state index contributed by atoms with van der Waals surface area (Å²) in [4.78, 5) is 19.1. The van der Waals surface area contributed by atoms with Crippen molar-refractivity contribution in [2.75, 3.05) is 13.2 Å². The predicted molar refractivity (Wildman–Crippen MR) is 91.7 cm³/mol. The van der Waals surface area contributed by atoms with Crippen molar-refractivity contribution in [1.82, 2.24) is 19.7 Å². The lowest BCUT2D eigenvalue weighted by Crippen LogP contribution is -2.50. The maximum atomic E-state index is 12.9. The van der Waals surface area contributed by atoms with E-state index in [4.69, 9.17) is 16.3 Å². The third-order valence-corrected chi connectivity index (χ3v) is 4.45. The largest absolute Gasteiger partial charge is 0.375 e. The van der Waals surface area contributed by atoms with Crippen molar-refractivity contribution in [2.24, 2.45) is 0 Å². The molecule has 1 aromatic carbocycles. The molecule has 1 fully saturated rings. The molecule has 1 saturated heterocycles. The molecule has 128 valence electrons. The zero-order valence-electron chi connectivity index (χ0n) is 14.1. The number of hydrogen-bond donors (Lipinski definition) is 0. The van der Waals surface area contributed by atoms with Gasteiger partial charge in [0.25, 0.3) is 5.91 Å². The summed E-state index contributed by atoms with van der Waals surface area (Å²) < 4.78 is 7.24. The zero-order valence-corrected chi connectivity index (χ0v) is 14.8. The molecule has 24 heavy (non-hydrogen) atoms. The first-order chi connectivity index (χ1) is 11.5. The van der Waals surface area contributed by atoms with Crippen LogP contribution in [0, 0.1) is 0 Å². The molecule has 2 atom stereocenters. The maximum Gasteiger partial charge on any atom is 0.293 e. The monoisotopic (exact) mass is 348 g/mol. The van der Waals surface area contributed by atoms with Crippen LogP contribution < -0.4 is 0 Å². The quantitative estimate of drug-likeness (QED) is 0.855. The van der Waals surface area contributed by atoms with Crippen LogP contribution in [-0.4, -0.2) is 50.9 Å². The second kappa shape index (κ2) is 6.91. The third-order valence-electron chi connectivity index (χ3n) is 4.13. The number of hydrogen-bond acceptors (Lipinski definition) is 4. The van der Waals surface area contributed by atoms with Crippen molar-refractivity contribution >= 4 is 17.5 Å². The van der Waals surface area contributed by atoms with E-state index in [1.54, 1.807) is 15.6 Å². The van der Waals surface area contributed by atoms with E-state index in [1.165, 1.54) is 0 Å². The highest BCUT2D eigenvalue weighted by molar-refractivity contribution is 6.32. The van der Waals surface area contributed by atoms with Gasteiger partial charge in [-0.05, 0) is 26.0 Å². The van der Waals surface area contributed by atoms with Gasteiger partial charge in [0, 0.05) is 13.0 Å². The van der Waals surface area contributed by atoms with E-state index < -0.39 is 0 Å². The summed E-state index contributed by atoms with van der Waals surface area (Å²) in [7, 11) is 0. The van der Waals surface area contributed by atoms with Gasteiger partial charge in [0.15, 0.2) is 0 Å². The molecule has 2 aromatic rings. The van der Waals surface area contributed by atoms with Gasteiger partial charge in [-0.25, -0.2) is 9.67 Å². The van der Waals surface area contributed by atoms with Gasteiger partial charge in [-0.1, -0.05) is 30.7 Å². The molecule has 1 aliphatic rings.